The van der Waals surface area contributed by atoms with Crippen molar-refractivity contribution in [2.24, 2.45) is 0 Å². The maximum Gasteiger partial charge on any atom is 0.251 e. The van der Waals surface area contributed by atoms with Crippen molar-refractivity contribution in [3.63, 3.8) is 0 Å². The van der Waals surface area contributed by atoms with Gasteiger partial charge in [-0.2, -0.15) is 4.31 Å². The Morgan fingerprint density at radius 2 is 1.58 bits per heavy atom. The molecule has 2 aromatic carbocycles. The molecule has 0 heterocycles. The summed E-state index contributed by atoms with van der Waals surface area (Å²) in [7, 11) is -3.50. The molecule has 1 amide bonds. The summed E-state index contributed by atoms with van der Waals surface area (Å²) in [5, 5.41) is 2.81. The highest BCUT2D eigenvalue weighted by atomic mass is 32.2. The van der Waals surface area contributed by atoms with Crippen molar-refractivity contribution in [1.29, 1.82) is 0 Å². The van der Waals surface area contributed by atoms with Crippen LogP contribution in [0.25, 0.3) is 0 Å². The summed E-state index contributed by atoms with van der Waals surface area (Å²) in [6.45, 7) is 6.20. The third-order valence-electron chi connectivity index (χ3n) is 4.18. The summed E-state index contributed by atoms with van der Waals surface area (Å²) in [5.74, 6) is -0.725. The molecule has 2 rings (SSSR count). The van der Waals surface area contributed by atoms with Crippen LogP contribution in [0.15, 0.2) is 53.4 Å². The van der Waals surface area contributed by atoms with Crippen LogP contribution in [0.5, 0.6) is 0 Å². The molecule has 0 aliphatic carbocycles. The number of benzene rings is 2. The Labute approximate surface area is 153 Å². The Morgan fingerprint density at radius 3 is 2.08 bits per heavy atom. The Morgan fingerprint density at radius 1 is 1.04 bits per heavy atom. The lowest BCUT2D eigenvalue weighted by atomic mass is 10.1. The molecule has 0 aliphatic heterocycles. The van der Waals surface area contributed by atoms with E-state index in [1.54, 1.807) is 45.0 Å². The van der Waals surface area contributed by atoms with E-state index in [1.165, 1.54) is 28.6 Å². The van der Waals surface area contributed by atoms with Gasteiger partial charge in [-0.1, -0.05) is 26.0 Å². The molecule has 1 N–H and O–H groups in total. The van der Waals surface area contributed by atoms with Gasteiger partial charge in [0.25, 0.3) is 5.91 Å². The van der Waals surface area contributed by atoms with Crippen LogP contribution >= 0.6 is 0 Å². The minimum Gasteiger partial charge on any atom is -0.346 e. The van der Waals surface area contributed by atoms with Crippen molar-refractivity contribution >= 4 is 15.9 Å². The number of nitrogens with one attached hydrogen (secondary N) is 1. The standard InChI is InChI=1S/C19H23FN2O3S/c1-4-22(5-2)26(24,25)18-12-8-15(9-13-18)14(3)21-19(23)16-6-10-17(20)11-7-16/h6-14H,4-5H2,1-3H3,(H,21,23). The number of hydrogen-bond donors (Lipinski definition) is 1. The molecule has 0 aliphatic rings. The number of carbonyl (C=O) groups excluding carboxylic acids is 1. The highest BCUT2D eigenvalue weighted by Gasteiger charge is 2.21. The monoisotopic (exact) mass is 378 g/mol. The van der Waals surface area contributed by atoms with Crippen LogP contribution in [0.1, 0.15) is 42.7 Å². The average Bonchev–Trinajstić information content (AvgIpc) is 2.63. The van der Waals surface area contributed by atoms with Gasteiger partial charge >= 0.3 is 0 Å². The summed E-state index contributed by atoms with van der Waals surface area (Å²) < 4.78 is 39.3. The summed E-state index contributed by atoms with van der Waals surface area (Å²) in [6.07, 6.45) is 0. The molecule has 5 nitrogen and oxygen atoms in total. The zero-order chi connectivity index (χ0) is 19.3. The predicted molar refractivity (Wildman–Crippen MR) is 98.8 cm³/mol. The first kappa shape index (κ1) is 20.1. The van der Waals surface area contributed by atoms with Crippen LogP contribution in [0, 0.1) is 5.82 Å². The predicted octanol–water partition coefficient (Wildman–Crippen LogP) is 3.35. The van der Waals surface area contributed by atoms with Crippen LogP contribution in [0.3, 0.4) is 0 Å². The summed E-state index contributed by atoms with van der Waals surface area (Å²) >= 11 is 0. The molecule has 0 fully saturated rings. The van der Waals surface area contributed by atoms with Gasteiger partial charge in [0.1, 0.15) is 5.82 Å². The first-order valence-electron chi connectivity index (χ1n) is 8.46. The van der Waals surface area contributed by atoms with Crippen LogP contribution in [-0.2, 0) is 10.0 Å². The van der Waals surface area contributed by atoms with E-state index < -0.39 is 15.8 Å². The molecule has 7 heteroatoms. The van der Waals surface area contributed by atoms with Gasteiger partial charge in [-0.05, 0) is 48.9 Å². The molecule has 26 heavy (non-hydrogen) atoms. The Balaban J connectivity index is 2.12. The summed E-state index contributed by atoms with van der Waals surface area (Å²) in [5.41, 5.74) is 1.14. The fourth-order valence-electron chi connectivity index (χ4n) is 2.61. The fourth-order valence-corrected chi connectivity index (χ4v) is 4.06. The maximum absolute atomic E-state index is 12.9. The summed E-state index contributed by atoms with van der Waals surface area (Å²) in [4.78, 5) is 12.4. The Kier molecular flexibility index (Phi) is 6.50. The number of halogens is 1. The number of hydrogen-bond acceptors (Lipinski definition) is 3. The summed E-state index contributed by atoms with van der Waals surface area (Å²) in [6, 6.07) is 11.4. The molecule has 0 bridgehead atoms. The van der Waals surface area contributed by atoms with Crippen molar-refractivity contribution in [2.75, 3.05) is 13.1 Å². The Hall–Kier alpha value is -2.25. The lowest BCUT2D eigenvalue weighted by Crippen LogP contribution is -2.30. The third-order valence-corrected chi connectivity index (χ3v) is 6.24. The van der Waals surface area contributed by atoms with Crippen LogP contribution < -0.4 is 5.32 Å². The molecule has 0 radical (unpaired) electrons. The van der Waals surface area contributed by atoms with Crippen molar-refractivity contribution < 1.29 is 17.6 Å². The molecule has 2 aromatic rings. The number of amides is 1. The smallest absolute Gasteiger partial charge is 0.251 e. The van der Waals surface area contributed by atoms with Gasteiger partial charge in [-0.25, -0.2) is 12.8 Å². The fraction of sp³-hybridized carbons (Fsp3) is 0.316. The molecule has 1 atom stereocenters. The maximum atomic E-state index is 12.9. The second-order valence-electron chi connectivity index (χ2n) is 5.86. The second-order valence-corrected chi connectivity index (χ2v) is 7.80. The van der Waals surface area contributed by atoms with E-state index in [-0.39, 0.29) is 16.8 Å². The van der Waals surface area contributed by atoms with Crippen molar-refractivity contribution in [1.82, 2.24) is 9.62 Å². The first-order chi connectivity index (χ1) is 12.3. The highest BCUT2D eigenvalue weighted by Crippen LogP contribution is 2.19. The molecular weight excluding hydrogens is 355 g/mol. The number of rotatable bonds is 7. The van der Waals surface area contributed by atoms with Gasteiger partial charge in [0.05, 0.1) is 10.9 Å². The molecule has 0 saturated carbocycles. The van der Waals surface area contributed by atoms with Crippen molar-refractivity contribution in [3.8, 4) is 0 Å². The van der Waals surface area contributed by atoms with Crippen LogP contribution in [0.4, 0.5) is 4.39 Å². The van der Waals surface area contributed by atoms with Crippen LogP contribution in [0.2, 0.25) is 0 Å². The van der Waals surface area contributed by atoms with Crippen molar-refractivity contribution in [3.05, 3.63) is 65.5 Å². The number of sulfonamides is 1. The third kappa shape index (κ3) is 4.47. The van der Waals surface area contributed by atoms with Gasteiger partial charge in [-0.15, -0.1) is 0 Å². The molecule has 0 saturated heterocycles. The highest BCUT2D eigenvalue weighted by molar-refractivity contribution is 7.89. The molecule has 1 unspecified atom stereocenters. The average molecular weight is 378 g/mol. The van der Waals surface area contributed by atoms with Gasteiger partial charge in [0.2, 0.25) is 10.0 Å². The van der Waals surface area contributed by atoms with Crippen LogP contribution in [-0.4, -0.2) is 31.7 Å². The van der Waals surface area contributed by atoms with E-state index in [4.69, 9.17) is 0 Å². The molecule has 140 valence electrons. The zero-order valence-corrected chi connectivity index (χ0v) is 15.9. The lowest BCUT2D eigenvalue weighted by Gasteiger charge is -2.19. The van der Waals surface area contributed by atoms with E-state index >= 15 is 0 Å². The van der Waals surface area contributed by atoms with Gasteiger partial charge in [-0.3, -0.25) is 4.79 Å². The molecule has 0 aromatic heterocycles. The van der Waals surface area contributed by atoms with E-state index in [0.717, 1.165) is 5.56 Å². The first-order valence-corrected chi connectivity index (χ1v) is 9.90. The topological polar surface area (TPSA) is 66.5 Å². The van der Waals surface area contributed by atoms with E-state index in [1.807, 2.05) is 0 Å². The lowest BCUT2D eigenvalue weighted by molar-refractivity contribution is 0.0940. The zero-order valence-electron chi connectivity index (χ0n) is 15.1. The SMILES string of the molecule is CCN(CC)S(=O)(=O)c1ccc(C(C)NC(=O)c2ccc(F)cc2)cc1. The number of nitrogens with zero attached hydrogens (tertiary/aromatic N) is 1. The van der Waals surface area contributed by atoms with Gasteiger partial charge in [0.15, 0.2) is 0 Å². The molecule has 0 spiro atoms. The largest absolute Gasteiger partial charge is 0.346 e. The van der Waals surface area contributed by atoms with Crippen molar-refractivity contribution in [2.45, 2.75) is 31.7 Å². The van der Waals surface area contributed by atoms with E-state index in [9.17, 15) is 17.6 Å². The van der Waals surface area contributed by atoms with Gasteiger partial charge in [0, 0.05) is 18.7 Å². The van der Waals surface area contributed by atoms with E-state index in [2.05, 4.69) is 5.32 Å². The second kappa shape index (κ2) is 8.42. The molecular formula is C19H23FN2O3S. The Bertz CT molecular complexity index is 845. The van der Waals surface area contributed by atoms with Gasteiger partial charge < -0.3 is 5.32 Å². The minimum atomic E-state index is -3.50. The minimum absolute atomic E-state index is 0.224. The van der Waals surface area contributed by atoms with E-state index in [0.29, 0.717) is 18.7 Å². The quantitative estimate of drug-likeness (QED) is 0.803. The number of carbonyl (C=O) groups is 1. The normalized spacial score (nSPS) is 12.8.